The van der Waals surface area contributed by atoms with E-state index in [2.05, 4.69) is 4.98 Å². The highest BCUT2D eigenvalue weighted by Gasteiger charge is 2.17. The third-order valence-electron chi connectivity index (χ3n) is 3.06. The molecule has 0 atom stereocenters. The van der Waals surface area contributed by atoms with E-state index >= 15 is 0 Å². The van der Waals surface area contributed by atoms with Crippen molar-refractivity contribution in [2.45, 2.75) is 38.0 Å². The largest absolute Gasteiger partial charge is 0.298 e. The summed E-state index contributed by atoms with van der Waals surface area (Å²) in [5.74, 6) is 0.567. The molecular formula is C12H15NO. The molecule has 1 heterocycles. The van der Waals surface area contributed by atoms with Gasteiger partial charge in [0, 0.05) is 18.0 Å². The predicted octanol–water partition coefficient (Wildman–Crippen LogP) is 2.94. The Balaban J connectivity index is 2.24. The highest BCUT2D eigenvalue weighted by atomic mass is 16.1. The molecule has 2 heteroatoms. The number of hydrogen-bond donors (Lipinski definition) is 0. The summed E-state index contributed by atoms with van der Waals surface area (Å²) in [6.45, 7) is 0. The first kappa shape index (κ1) is 9.38. The Morgan fingerprint density at radius 2 is 2.07 bits per heavy atom. The number of carbonyl (C=O) groups is 1. The Labute approximate surface area is 84.4 Å². The maximum atomic E-state index is 10.8. The highest BCUT2D eigenvalue weighted by Crippen LogP contribution is 2.33. The first-order valence-electron chi connectivity index (χ1n) is 5.31. The van der Waals surface area contributed by atoms with Crippen LogP contribution in [0.1, 0.15) is 53.9 Å². The molecule has 1 saturated carbocycles. The van der Waals surface area contributed by atoms with Gasteiger partial charge >= 0.3 is 0 Å². The maximum absolute atomic E-state index is 10.8. The average molecular weight is 189 g/mol. The summed E-state index contributed by atoms with van der Waals surface area (Å²) in [6.07, 6.45) is 10.9. The molecule has 1 aromatic rings. The second kappa shape index (κ2) is 4.36. The first-order chi connectivity index (χ1) is 6.92. The molecule has 1 aliphatic rings. The number of hydrogen-bond acceptors (Lipinski definition) is 2. The molecule has 0 aromatic carbocycles. The summed E-state index contributed by atoms with van der Waals surface area (Å²) in [7, 11) is 0. The third kappa shape index (κ3) is 1.84. The van der Waals surface area contributed by atoms with E-state index in [1.807, 2.05) is 12.3 Å². The minimum absolute atomic E-state index is 0.567. The fourth-order valence-corrected chi connectivity index (χ4v) is 2.28. The Morgan fingerprint density at radius 1 is 1.29 bits per heavy atom. The van der Waals surface area contributed by atoms with E-state index in [1.54, 1.807) is 6.20 Å². The molecule has 0 amide bonds. The number of rotatable bonds is 2. The van der Waals surface area contributed by atoms with Crippen LogP contribution in [0.15, 0.2) is 18.5 Å². The van der Waals surface area contributed by atoms with Crippen LogP contribution >= 0.6 is 0 Å². The molecule has 74 valence electrons. The van der Waals surface area contributed by atoms with E-state index in [0.29, 0.717) is 5.92 Å². The van der Waals surface area contributed by atoms with E-state index in [4.69, 9.17) is 0 Å². The predicted molar refractivity (Wildman–Crippen MR) is 55.5 cm³/mol. The van der Waals surface area contributed by atoms with Gasteiger partial charge in [-0.1, -0.05) is 19.3 Å². The zero-order valence-corrected chi connectivity index (χ0v) is 8.28. The topological polar surface area (TPSA) is 30.0 Å². The zero-order chi connectivity index (χ0) is 9.80. The van der Waals surface area contributed by atoms with Crippen molar-refractivity contribution in [3.8, 4) is 0 Å². The summed E-state index contributed by atoms with van der Waals surface area (Å²) in [6, 6.07) is 1.82. The molecule has 0 N–H and O–H groups in total. The van der Waals surface area contributed by atoms with Crippen LogP contribution in [0.3, 0.4) is 0 Å². The first-order valence-corrected chi connectivity index (χ1v) is 5.31. The van der Waals surface area contributed by atoms with Gasteiger partial charge < -0.3 is 0 Å². The monoisotopic (exact) mass is 189 g/mol. The molecule has 2 nitrogen and oxygen atoms in total. The van der Waals surface area contributed by atoms with Crippen LogP contribution in [-0.4, -0.2) is 11.3 Å². The average Bonchev–Trinajstić information content (AvgIpc) is 2.30. The van der Waals surface area contributed by atoms with E-state index < -0.39 is 0 Å². The van der Waals surface area contributed by atoms with Gasteiger partial charge in [0.15, 0.2) is 0 Å². The lowest BCUT2D eigenvalue weighted by Gasteiger charge is -2.22. The minimum Gasteiger partial charge on any atom is -0.298 e. The summed E-state index contributed by atoms with van der Waals surface area (Å²) in [4.78, 5) is 15.0. The molecule has 1 aliphatic carbocycles. The molecule has 0 saturated heterocycles. The third-order valence-corrected chi connectivity index (χ3v) is 3.06. The zero-order valence-electron chi connectivity index (χ0n) is 8.28. The number of aromatic nitrogens is 1. The van der Waals surface area contributed by atoms with Crippen LogP contribution < -0.4 is 0 Å². The van der Waals surface area contributed by atoms with Crippen LogP contribution in [0.4, 0.5) is 0 Å². The van der Waals surface area contributed by atoms with Gasteiger partial charge in [0.05, 0.1) is 0 Å². The van der Waals surface area contributed by atoms with Crippen LogP contribution in [0.2, 0.25) is 0 Å². The Morgan fingerprint density at radius 3 is 2.79 bits per heavy atom. The maximum Gasteiger partial charge on any atom is 0.150 e. The Kier molecular flexibility index (Phi) is 2.92. The minimum atomic E-state index is 0.567. The molecule has 0 aliphatic heterocycles. The lowest BCUT2D eigenvalue weighted by atomic mass is 9.83. The van der Waals surface area contributed by atoms with Crippen molar-refractivity contribution < 1.29 is 4.79 Å². The van der Waals surface area contributed by atoms with Crippen molar-refractivity contribution >= 4 is 6.29 Å². The molecule has 2 rings (SSSR count). The second-order valence-electron chi connectivity index (χ2n) is 3.96. The van der Waals surface area contributed by atoms with Crippen molar-refractivity contribution in [2.75, 3.05) is 0 Å². The smallest absolute Gasteiger partial charge is 0.150 e. The molecule has 1 fully saturated rings. The number of aldehydes is 1. The fourth-order valence-electron chi connectivity index (χ4n) is 2.28. The lowest BCUT2D eigenvalue weighted by Crippen LogP contribution is -2.07. The van der Waals surface area contributed by atoms with E-state index in [-0.39, 0.29) is 0 Å². The molecule has 0 spiro atoms. The molecule has 0 radical (unpaired) electrons. The Hall–Kier alpha value is -1.18. The van der Waals surface area contributed by atoms with Gasteiger partial charge in [0.2, 0.25) is 0 Å². The SMILES string of the molecule is O=Cc1ccncc1C1CCCCC1. The lowest BCUT2D eigenvalue weighted by molar-refractivity contribution is 0.112. The summed E-state index contributed by atoms with van der Waals surface area (Å²) < 4.78 is 0. The highest BCUT2D eigenvalue weighted by molar-refractivity contribution is 5.77. The normalized spacial score (nSPS) is 18.0. The Bertz CT molecular complexity index is 316. The van der Waals surface area contributed by atoms with Crippen LogP contribution in [0.5, 0.6) is 0 Å². The molecule has 14 heavy (non-hydrogen) atoms. The fraction of sp³-hybridized carbons (Fsp3) is 0.500. The summed E-state index contributed by atoms with van der Waals surface area (Å²) in [5.41, 5.74) is 1.98. The second-order valence-corrected chi connectivity index (χ2v) is 3.96. The standard InChI is InChI=1S/C12H15NO/c14-9-11-6-7-13-8-12(11)10-4-2-1-3-5-10/h6-10H,1-5H2. The van der Waals surface area contributed by atoms with Gasteiger partial charge in [-0.25, -0.2) is 0 Å². The quantitative estimate of drug-likeness (QED) is 0.669. The van der Waals surface area contributed by atoms with Crippen molar-refractivity contribution in [3.05, 3.63) is 29.6 Å². The summed E-state index contributed by atoms with van der Waals surface area (Å²) >= 11 is 0. The van der Waals surface area contributed by atoms with Crippen molar-refractivity contribution in [1.29, 1.82) is 0 Å². The van der Waals surface area contributed by atoms with E-state index in [1.165, 1.54) is 32.1 Å². The van der Waals surface area contributed by atoms with Gasteiger partial charge in [0.25, 0.3) is 0 Å². The van der Waals surface area contributed by atoms with Crippen molar-refractivity contribution in [1.82, 2.24) is 4.98 Å². The van der Waals surface area contributed by atoms with Gasteiger partial charge in [-0.15, -0.1) is 0 Å². The molecule has 0 unspecified atom stereocenters. The number of carbonyl (C=O) groups excluding carboxylic acids is 1. The van der Waals surface area contributed by atoms with E-state index in [0.717, 1.165) is 17.4 Å². The number of nitrogens with zero attached hydrogens (tertiary/aromatic N) is 1. The molecule has 0 bridgehead atoms. The number of pyridine rings is 1. The van der Waals surface area contributed by atoms with Crippen LogP contribution in [0.25, 0.3) is 0 Å². The molecular weight excluding hydrogens is 174 g/mol. The summed E-state index contributed by atoms with van der Waals surface area (Å²) in [5, 5.41) is 0. The van der Waals surface area contributed by atoms with Crippen LogP contribution in [0, 0.1) is 0 Å². The molecule has 1 aromatic heterocycles. The van der Waals surface area contributed by atoms with Gasteiger partial charge in [0.1, 0.15) is 6.29 Å². The van der Waals surface area contributed by atoms with Crippen molar-refractivity contribution in [2.24, 2.45) is 0 Å². The van der Waals surface area contributed by atoms with E-state index in [9.17, 15) is 4.79 Å². The van der Waals surface area contributed by atoms with Crippen LogP contribution in [-0.2, 0) is 0 Å². The van der Waals surface area contributed by atoms with Gasteiger partial charge in [-0.3, -0.25) is 9.78 Å². The van der Waals surface area contributed by atoms with Gasteiger partial charge in [-0.2, -0.15) is 0 Å². The van der Waals surface area contributed by atoms with Crippen molar-refractivity contribution in [3.63, 3.8) is 0 Å². The van der Waals surface area contributed by atoms with Gasteiger partial charge in [-0.05, 0) is 30.4 Å².